The molecular formula is C25H28O6. The third-order valence-electron chi connectivity index (χ3n) is 7.97. The summed E-state index contributed by atoms with van der Waals surface area (Å²) in [6.07, 6.45) is 8.45. The number of allylic oxidation sites excluding steroid dienone is 3. The first-order valence-electron chi connectivity index (χ1n) is 11.0. The fraction of sp³-hybridized carbons (Fsp3) is 0.560. The molecule has 1 aromatic rings. The molecule has 1 aromatic heterocycles. The van der Waals surface area contributed by atoms with Gasteiger partial charge in [-0.05, 0) is 50.3 Å². The van der Waals surface area contributed by atoms with E-state index in [1.54, 1.807) is 18.6 Å². The lowest BCUT2D eigenvalue weighted by atomic mass is 9.60. The maximum Gasteiger partial charge on any atom is 0.314 e. The molecule has 0 aromatic carbocycles. The van der Waals surface area contributed by atoms with E-state index in [4.69, 9.17) is 13.9 Å². The molecule has 0 bridgehead atoms. The molecule has 0 radical (unpaired) electrons. The summed E-state index contributed by atoms with van der Waals surface area (Å²) in [6, 6.07) is 1.84. The van der Waals surface area contributed by atoms with Crippen LogP contribution in [0.15, 0.2) is 46.3 Å². The number of carbonyl (C=O) groups excluding carboxylic acids is 3. The summed E-state index contributed by atoms with van der Waals surface area (Å²) in [5, 5.41) is 0. The predicted molar refractivity (Wildman–Crippen MR) is 110 cm³/mol. The van der Waals surface area contributed by atoms with Crippen LogP contribution in [0.1, 0.15) is 58.6 Å². The Balaban J connectivity index is 1.44. The molecule has 2 aliphatic heterocycles. The Bertz CT molecular complexity index is 1010. The van der Waals surface area contributed by atoms with E-state index in [0.717, 1.165) is 29.6 Å². The Morgan fingerprint density at radius 2 is 1.97 bits per heavy atom. The highest BCUT2D eigenvalue weighted by molar-refractivity contribution is 6.09. The summed E-state index contributed by atoms with van der Waals surface area (Å²) in [4.78, 5) is 37.8. The van der Waals surface area contributed by atoms with Gasteiger partial charge in [-0.2, -0.15) is 0 Å². The highest BCUT2D eigenvalue weighted by atomic mass is 16.6. The molecule has 4 aliphatic rings. The zero-order valence-electron chi connectivity index (χ0n) is 18.3. The van der Waals surface area contributed by atoms with Crippen LogP contribution < -0.4 is 0 Å². The van der Waals surface area contributed by atoms with Crippen LogP contribution in [-0.4, -0.2) is 23.3 Å². The van der Waals surface area contributed by atoms with Crippen molar-refractivity contribution in [1.29, 1.82) is 0 Å². The molecule has 6 atom stereocenters. The summed E-state index contributed by atoms with van der Waals surface area (Å²) in [5.74, 6) is -0.949. The van der Waals surface area contributed by atoms with Crippen LogP contribution in [0.3, 0.4) is 0 Å². The van der Waals surface area contributed by atoms with Crippen molar-refractivity contribution in [2.45, 2.75) is 58.7 Å². The second kappa shape index (κ2) is 6.68. The number of carbonyl (C=O) groups is 3. The van der Waals surface area contributed by atoms with Gasteiger partial charge >= 0.3 is 11.9 Å². The minimum absolute atomic E-state index is 0.00988. The van der Waals surface area contributed by atoms with E-state index in [1.165, 1.54) is 0 Å². The van der Waals surface area contributed by atoms with Gasteiger partial charge in [-0.3, -0.25) is 14.4 Å². The molecule has 6 nitrogen and oxygen atoms in total. The van der Waals surface area contributed by atoms with E-state index in [9.17, 15) is 14.4 Å². The quantitative estimate of drug-likeness (QED) is 0.531. The van der Waals surface area contributed by atoms with Gasteiger partial charge in [0.15, 0.2) is 5.78 Å². The van der Waals surface area contributed by atoms with Gasteiger partial charge in [0.1, 0.15) is 11.7 Å². The Morgan fingerprint density at radius 1 is 1.19 bits per heavy atom. The normalized spacial score (nSPS) is 38.5. The van der Waals surface area contributed by atoms with Gasteiger partial charge in [0.25, 0.3) is 0 Å². The average molecular weight is 424 g/mol. The number of ether oxygens (including phenoxy) is 2. The molecule has 0 spiro atoms. The lowest BCUT2D eigenvalue weighted by Gasteiger charge is -2.40. The van der Waals surface area contributed by atoms with Gasteiger partial charge in [0.2, 0.25) is 0 Å². The summed E-state index contributed by atoms with van der Waals surface area (Å²) >= 11 is 0. The van der Waals surface area contributed by atoms with Crippen molar-refractivity contribution in [3.8, 4) is 0 Å². The maximum atomic E-state index is 13.0. The molecule has 31 heavy (non-hydrogen) atoms. The minimum Gasteiger partial charge on any atom is -0.472 e. The Kier molecular flexibility index (Phi) is 4.37. The average Bonchev–Trinajstić information content (AvgIpc) is 3.42. The maximum absolute atomic E-state index is 13.0. The monoisotopic (exact) mass is 424 g/mol. The summed E-state index contributed by atoms with van der Waals surface area (Å²) < 4.78 is 16.5. The van der Waals surface area contributed by atoms with Crippen LogP contribution in [0.4, 0.5) is 0 Å². The van der Waals surface area contributed by atoms with Gasteiger partial charge in [-0.25, -0.2) is 0 Å². The van der Waals surface area contributed by atoms with Crippen LogP contribution in [0.5, 0.6) is 0 Å². The van der Waals surface area contributed by atoms with Crippen molar-refractivity contribution in [2.75, 3.05) is 0 Å². The number of hydrogen-bond donors (Lipinski definition) is 0. The van der Waals surface area contributed by atoms with Gasteiger partial charge in [0, 0.05) is 28.4 Å². The second-order valence-corrected chi connectivity index (χ2v) is 10.3. The highest BCUT2D eigenvalue weighted by Crippen LogP contribution is 2.61. The van der Waals surface area contributed by atoms with Crippen LogP contribution >= 0.6 is 0 Å². The van der Waals surface area contributed by atoms with E-state index >= 15 is 0 Å². The second-order valence-electron chi connectivity index (χ2n) is 10.3. The molecule has 3 heterocycles. The minimum atomic E-state index is -0.552. The third kappa shape index (κ3) is 2.94. The van der Waals surface area contributed by atoms with E-state index in [0.29, 0.717) is 6.42 Å². The highest BCUT2D eigenvalue weighted by Gasteiger charge is 2.61. The van der Waals surface area contributed by atoms with Crippen molar-refractivity contribution < 1.29 is 28.3 Å². The molecule has 164 valence electrons. The number of hydrogen-bond acceptors (Lipinski definition) is 6. The van der Waals surface area contributed by atoms with Crippen molar-refractivity contribution in [2.24, 2.45) is 29.1 Å². The lowest BCUT2D eigenvalue weighted by molar-refractivity contribution is -0.147. The van der Waals surface area contributed by atoms with Crippen LogP contribution in [0, 0.1) is 29.1 Å². The lowest BCUT2D eigenvalue weighted by Crippen LogP contribution is -2.37. The van der Waals surface area contributed by atoms with Gasteiger partial charge < -0.3 is 13.9 Å². The largest absolute Gasteiger partial charge is 0.472 e. The third-order valence-corrected chi connectivity index (χ3v) is 7.97. The van der Waals surface area contributed by atoms with Gasteiger partial charge in [-0.15, -0.1) is 0 Å². The number of esters is 2. The zero-order chi connectivity index (χ0) is 22.1. The van der Waals surface area contributed by atoms with E-state index < -0.39 is 16.9 Å². The predicted octanol–water partition coefficient (Wildman–Crippen LogP) is 4.32. The Hall–Kier alpha value is -2.63. The first-order chi connectivity index (χ1) is 14.6. The number of cyclic esters (lactones) is 2. The van der Waals surface area contributed by atoms with Crippen LogP contribution in [0.25, 0.3) is 0 Å². The Labute approximate surface area is 181 Å². The molecule has 5 rings (SSSR count). The van der Waals surface area contributed by atoms with Crippen molar-refractivity contribution in [3.05, 3.63) is 47.5 Å². The van der Waals surface area contributed by atoms with E-state index in [1.807, 2.05) is 32.9 Å². The fourth-order valence-electron chi connectivity index (χ4n) is 6.41. The number of rotatable bonds is 3. The molecule has 3 fully saturated rings. The van der Waals surface area contributed by atoms with Gasteiger partial charge in [-0.1, -0.05) is 19.9 Å². The van der Waals surface area contributed by atoms with Gasteiger partial charge in [0.05, 0.1) is 24.9 Å². The number of furan rings is 1. The standard InChI is InChI=1S/C25H28O6/c1-13(18-11-20(27)31-24(18,2)3)9-16-15-5-7-25(4)21(17(15)10-19(16)26)23(28)30-22(25)14-6-8-29-12-14/h6,8-10,12-13,15,18,21-22H,5,7,11H2,1-4H3/b16-9-/t13-,15-,18+,21+,22-,25+/m0/s1. The summed E-state index contributed by atoms with van der Waals surface area (Å²) in [5.41, 5.74) is 1.53. The molecule has 1 saturated carbocycles. The first-order valence-corrected chi connectivity index (χ1v) is 11.0. The topological polar surface area (TPSA) is 82.8 Å². The van der Waals surface area contributed by atoms with Crippen LogP contribution in [-0.2, 0) is 23.9 Å². The molecule has 0 unspecified atom stereocenters. The van der Waals surface area contributed by atoms with Crippen molar-refractivity contribution in [3.63, 3.8) is 0 Å². The molecular weight excluding hydrogens is 396 g/mol. The summed E-state index contributed by atoms with van der Waals surface area (Å²) in [7, 11) is 0. The molecule has 2 saturated heterocycles. The fourth-order valence-corrected chi connectivity index (χ4v) is 6.41. The first kappa shape index (κ1) is 20.3. The van der Waals surface area contributed by atoms with E-state index in [-0.39, 0.29) is 41.6 Å². The zero-order valence-corrected chi connectivity index (χ0v) is 18.3. The molecule has 0 N–H and O–H groups in total. The number of fused-ring (bicyclic) bond motifs is 3. The smallest absolute Gasteiger partial charge is 0.314 e. The SMILES string of the molecule is C[C@@H](/C=C1\C(=O)C=C2[C@@H]3C(=O)O[C@@H](c4ccoc4)[C@]3(C)CC[C@H]21)[C@H]1CC(=O)OC1(C)C. The van der Waals surface area contributed by atoms with E-state index in [2.05, 4.69) is 6.92 Å². The molecule has 6 heteroatoms. The van der Waals surface area contributed by atoms with Crippen LogP contribution in [0.2, 0.25) is 0 Å². The molecule has 2 aliphatic carbocycles. The number of ketones is 1. The Morgan fingerprint density at radius 3 is 2.61 bits per heavy atom. The summed E-state index contributed by atoms with van der Waals surface area (Å²) in [6.45, 7) is 7.97. The molecule has 0 amide bonds. The van der Waals surface area contributed by atoms with Crippen molar-refractivity contribution >= 4 is 17.7 Å². The van der Waals surface area contributed by atoms with Crippen molar-refractivity contribution in [1.82, 2.24) is 0 Å².